The molecule has 0 spiro atoms. The zero-order valence-corrected chi connectivity index (χ0v) is 11.2. The number of ether oxygens (including phenoxy) is 1. The van der Waals surface area contributed by atoms with Crippen molar-refractivity contribution in [3.8, 4) is 5.75 Å². The van der Waals surface area contributed by atoms with Crippen LogP contribution in [0.5, 0.6) is 5.75 Å². The summed E-state index contributed by atoms with van der Waals surface area (Å²) in [5, 5.41) is 10.3. The van der Waals surface area contributed by atoms with Crippen LogP contribution in [0.3, 0.4) is 0 Å². The zero-order valence-electron chi connectivity index (χ0n) is 11.2. The van der Waals surface area contributed by atoms with Gasteiger partial charge < -0.3 is 14.7 Å². The van der Waals surface area contributed by atoms with E-state index in [4.69, 9.17) is 4.74 Å². The Kier molecular flexibility index (Phi) is 4.58. The van der Waals surface area contributed by atoms with Crippen LogP contribution in [0, 0.1) is 0 Å². The Morgan fingerprint density at radius 1 is 1.22 bits per heavy atom. The molecule has 0 bridgehead atoms. The molecule has 1 aliphatic heterocycles. The summed E-state index contributed by atoms with van der Waals surface area (Å²) >= 11 is 0. The highest BCUT2D eigenvalue weighted by atomic mass is 16.5. The largest absolute Gasteiger partial charge is 0.496 e. The Labute approximate surface area is 109 Å². The first kappa shape index (κ1) is 13.3. The van der Waals surface area contributed by atoms with Crippen molar-refractivity contribution in [3.05, 3.63) is 29.8 Å². The lowest BCUT2D eigenvalue weighted by atomic mass is 10.1. The van der Waals surface area contributed by atoms with Crippen LogP contribution in [-0.4, -0.2) is 61.8 Å². The Hall–Kier alpha value is -1.10. The van der Waals surface area contributed by atoms with Crippen molar-refractivity contribution in [1.82, 2.24) is 9.80 Å². The summed E-state index contributed by atoms with van der Waals surface area (Å²) in [5.74, 6) is 0.763. The van der Waals surface area contributed by atoms with Gasteiger partial charge in [0, 0.05) is 38.3 Å². The Morgan fingerprint density at radius 2 is 1.89 bits per heavy atom. The van der Waals surface area contributed by atoms with Crippen LogP contribution in [-0.2, 0) is 0 Å². The minimum absolute atomic E-state index is 0.482. The topological polar surface area (TPSA) is 35.9 Å². The minimum atomic E-state index is -0.482. The van der Waals surface area contributed by atoms with Gasteiger partial charge in [0.2, 0.25) is 0 Å². The molecule has 0 amide bonds. The third-order valence-corrected chi connectivity index (χ3v) is 3.52. The number of β-amino-alcohol motifs (C(OH)–C–C–N with tert-alkyl or cyclic N) is 1. The molecule has 4 nitrogen and oxygen atoms in total. The molecule has 1 aliphatic rings. The molecule has 0 saturated carbocycles. The van der Waals surface area contributed by atoms with Gasteiger partial charge in [0.1, 0.15) is 5.75 Å². The summed E-state index contributed by atoms with van der Waals surface area (Å²) in [4.78, 5) is 4.61. The maximum Gasteiger partial charge on any atom is 0.124 e. The molecule has 2 rings (SSSR count). The minimum Gasteiger partial charge on any atom is -0.496 e. The number of piperazine rings is 1. The van der Waals surface area contributed by atoms with E-state index in [-0.39, 0.29) is 0 Å². The van der Waals surface area contributed by atoms with Crippen LogP contribution in [0.2, 0.25) is 0 Å². The van der Waals surface area contributed by atoms with Crippen molar-refractivity contribution >= 4 is 0 Å². The maximum absolute atomic E-state index is 10.3. The highest BCUT2D eigenvalue weighted by Crippen LogP contribution is 2.25. The second-order valence-electron chi connectivity index (χ2n) is 4.86. The van der Waals surface area contributed by atoms with Crippen LogP contribution in [0.15, 0.2) is 24.3 Å². The van der Waals surface area contributed by atoms with E-state index in [0.29, 0.717) is 6.54 Å². The number of methoxy groups -OCH3 is 1. The number of para-hydroxylation sites is 1. The smallest absolute Gasteiger partial charge is 0.124 e. The van der Waals surface area contributed by atoms with Crippen LogP contribution in [0.25, 0.3) is 0 Å². The molecular weight excluding hydrogens is 228 g/mol. The van der Waals surface area contributed by atoms with Crippen LogP contribution >= 0.6 is 0 Å². The van der Waals surface area contributed by atoms with Gasteiger partial charge in [-0.2, -0.15) is 0 Å². The lowest BCUT2D eigenvalue weighted by Gasteiger charge is -2.33. The number of likely N-dealkylation sites (N-methyl/N-ethyl adjacent to an activating group) is 1. The number of hydrogen-bond acceptors (Lipinski definition) is 4. The third-order valence-electron chi connectivity index (χ3n) is 3.52. The van der Waals surface area contributed by atoms with E-state index in [0.717, 1.165) is 37.5 Å². The molecule has 1 fully saturated rings. The molecule has 1 N–H and O–H groups in total. The van der Waals surface area contributed by atoms with E-state index in [1.54, 1.807) is 7.11 Å². The highest BCUT2D eigenvalue weighted by molar-refractivity contribution is 5.35. The number of benzene rings is 1. The van der Waals surface area contributed by atoms with Gasteiger partial charge in [-0.15, -0.1) is 0 Å². The van der Waals surface area contributed by atoms with Gasteiger partial charge in [0.25, 0.3) is 0 Å². The normalized spacial score (nSPS) is 19.7. The van der Waals surface area contributed by atoms with Crippen molar-refractivity contribution < 1.29 is 9.84 Å². The van der Waals surface area contributed by atoms with E-state index in [9.17, 15) is 5.11 Å². The predicted octanol–water partition coefficient (Wildman–Crippen LogP) is 0.976. The lowest BCUT2D eigenvalue weighted by molar-refractivity contribution is 0.0791. The van der Waals surface area contributed by atoms with E-state index in [2.05, 4.69) is 16.8 Å². The molecule has 0 radical (unpaired) electrons. The predicted molar refractivity (Wildman–Crippen MR) is 71.9 cm³/mol. The Morgan fingerprint density at radius 3 is 2.56 bits per heavy atom. The molecule has 0 aromatic heterocycles. The van der Waals surface area contributed by atoms with Crippen LogP contribution in [0.1, 0.15) is 11.7 Å². The number of rotatable bonds is 4. The monoisotopic (exact) mass is 250 g/mol. The van der Waals surface area contributed by atoms with Crippen molar-refractivity contribution in [2.45, 2.75) is 6.10 Å². The summed E-state index contributed by atoms with van der Waals surface area (Å²) in [7, 11) is 3.77. The van der Waals surface area contributed by atoms with Gasteiger partial charge in [-0.3, -0.25) is 4.90 Å². The summed E-state index contributed by atoms with van der Waals surface area (Å²) in [6.07, 6.45) is -0.482. The van der Waals surface area contributed by atoms with Crippen molar-refractivity contribution in [3.63, 3.8) is 0 Å². The van der Waals surface area contributed by atoms with Gasteiger partial charge in [-0.05, 0) is 13.1 Å². The van der Waals surface area contributed by atoms with Crippen LogP contribution < -0.4 is 4.74 Å². The van der Waals surface area contributed by atoms with Gasteiger partial charge in [0.05, 0.1) is 13.2 Å². The fraction of sp³-hybridized carbons (Fsp3) is 0.571. The first-order valence-electron chi connectivity index (χ1n) is 6.42. The van der Waals surface area contributed by atoms with Crippen molar-refractivity contribution in [1.29, 1.82) is 0 Å². The molecule has 1 saturated heterocycles. The number of hydrogen-bond donors (Lipinski definition) is 1. The highest BCUT2D eigenvalue weighted by Gasteiger charge is 2.19. The summed E-state index contributed by atoms with van der Waals surface area (Å²) in [6.45, 7) is 4.84. The first-order valence-corrected chi connectivity index (χ1v) is 6.42. The SMILES string of the molecule is COc1ccccc1C(O)CN1CCN(C)CC1. The van der Waals surface area contributed by atoms with E-state index >= 15 is 0 Å². The quantitative estimate of drug-likeness (QED) is 0.864. The van der Waals surface area contributed by atoms with Gasteiger partial charge in [-0.1, -0.05) is 18.2 Å². The molecule has 1 aromatic carbocycles. The third kappa shape index (κ3) is 3.22. The maximum atomic E-state index is 10.3. The van der Waals surface area contributed by atoms with Crippen molar-refractivity contribution in [2.24, 2.45) is 0 Å². The summed E-state index contributed by atoms with van der Waals surface area (Å²) in [5.41, 5.74) is 0.874. The molecule has 1 atom stereocenters. The van der Waals surface area contributed by atoms with E-state index < -0.39 is 6.10 Å². The van der Waals surface area contributed by atoms with Crippen molar-refractivity contribution in [2.75, 3.05) is 46.9 Å². The summed E-state index contributed by atoms with van der Waals surface area (Å²) < 4.78 is 5.29. The Balaban J connectivity index is 1.96. The molecule has 18 heavy (non-hydrogen) atoms. The van der Waals surface area contributed by atoms with Gasteiger partial charge >= 0.3 is 0 Å². The number of aliphatic hydroxyl groups is 1. The van der Waals surface area contributed by atoms with Crippen LogP contribution in [0.4, 0.5) is 0 Å². The lowest BCUT2D eigenvalue weighted by Crippen LogP contribution is -2.45. The summed E-state index contributed by atoms with van der Waals surface area (Å²) in [6, 6.07) is 7.68. The molecule has 1 heterocycles. The average molecular weight is 250 g/mol. The fourth-order valence-electron chi connectivity index (χ4n) is 2.32. The second kappa shape index (κ2) is 6.18. The molecule has 100 valence electrons. The van der Waals surface area contributed by atoms with E-state index in [1.807, 2.05) is 24.3 Å². The average Bonchev–Trinajstić information content (AvgIpc) is 2.41. The Bertz CT molecular complexity index is 376. The number of aliphatic hydroxyl groups excluding tert-OH is 1. The standard InChI is InChI=1S/C14H22N2O2/c1-15-7-9-16(10-8-15)11-13(17)12-5-3-4-6-14(12)18-2/h3-6,13,17H,7-11H2,1-2H3. The number of nitrogens with zero attached hydrogens (tertiary/aromatic N) is 2. The molecule has 0 aliphatic carbocycles. The molecule has 1 unspecified atom stereocenters. The first-order chi connectivity index (χ1) is 8.70. The van der Waals surface area contributed by atoms with Gasteiger partial charge in [-0.25, -0.2) is 0 Å². The zero-order chi connectivity index (χ0) is 13.0. The molecular formula is C14H22N2O2. The van der Waals surface area contributed by atoms with Gasteiger partial charge in [0.15, 0.2) is 0 Å². The molecule has 4 heteroatoms. The van der Waals surface area contributed by atoms with E-state index in [1.165, 1.54) is 0 Å². The fourth-order valence-corrected chi connectivity index (χ4v) is 2.32. The molecule has 1 aromatic rings. The second-order valence-corrected chi connectivity index (χ2v) is 4.86.